The van der Waals surface area contributed by atoms with E-state index in [-0.39, 0.29) is 12.1 Å². The van der Waals surface area contributed by atoms with Gasteiger partial charge >= 0.3 is 6.18 Å². The molecule has 2 atom stereocenters. The van der Waals surface area contributed by atoms with Crippen molar-refractivity contribution in [1.82, 2.24) is 10.2 Å². The zero-order chi connectivity index (χ0) is 13.8. The first-order valence-corrected chi connectivity index (χ1v) is 6.89. The van der Waals surface area contributed by atoms with Crippen molar-refractivity contribution >= 4 is 0 Å². The van der Waals surface area contributed by atoms with E-state index in [0.717, 1.165) is 32.2 Å². The molecule has 2 nitrogen and oxygen atoms in total. The van der Waals surface area contributed by atoms with Gasteiger partial charge in [0, 0.05) is 18.1 Å². The van der Waals surface area contributed by atoms with Gasteiger partial charge in [0.25, 0.3) is 0 Å². The van der Waals surface area contributed by atoms with Crippen LogP contribution in [0.2, 0.25) is 0 Å². The fourth-order valence-corrected chi connectivity index (χ4v) is 2.73. The molecule has 2 unspecified atom stereocenters. The molecule has 0 aromatic rings. The highest BCUT2D eigenvalue weighted by Crippen LogP contribution is 2.29. The topological polar surface area (TPSA) is 15.3 Å². The summed E-state index contributed by atoms with van der Waals surface area (Å²) in [5.74, 6) is 0. The SMILES string of the molecule is CCCNC1CCC(N(CC(F)(F)F)C(C)C)C1. The van der Waals surface area contributed by atoms with E-state index in [1.807, 2.05) is 13.8 Å². The molecular formula is C13H25F3N2. The number of alkyl halides is 3. The Labute approximate surface area is 108 Å². The summed E-state index contributed by atoms with van der Waals surface area (Å²) in [6, 6.07) is 0.409. The minimum Gasteiger partial charge on any atom is -0.314 e. The molecule has 0 heterocycles. The minimum absolute atomic E-state index is 0.0541. The summed E-state index contributed by atoms with van der Waals surface area (Å²) in [5, 5.41) is 3.41. The molecule has 0 spiro atoms. The first kappa shape index (κ1) is 15.8. The molecule has 0 radical (unpaired) electrons. The number of nitrogens with zero attached hydrogens (tertiary/aromatic N) is 1. The average Bonchev–Trinajstić information content (AvgIpc) is 2.70. The van der Waals surface area contributed by atoms with Gasteiger partial charge in [-0.05, 0) is 46.1 Å². The van der Waals surface area contributed by atoms with Crippen molar-refractivity contribution in [3.05, 3.63) is 0 Å². The highest BCUT2D eigenvalue weighted by atomic mass is 19.4. The zero-order valence-electron chi connectivity index (χ0n) is 11.6. The molecule has 18 heavy (non-hydrogen) atoms. The van der Waals surface area contributed by atoms with Gasteiger partial charge in [-0.3, -0.25) is 4.90 Å². The summed E-state index contributed by atoms with van der Waals surface area (Å²) in [5.41, 5.74) is 0. The van der Waals surface area contributed by atoms with Crippen LogP contribution in [0.25, 0.3) is 0 Å². The van der Waals surface area contributed by atoms with Crippen LogP contribution in [-0.4, -0.2) is 42.3 Å². The largest absolute Gasteiger partial charge is 0.401 e. The molecule has 1 aliphatic carbocycles. The Hall–Kier alpha value is -0.290. The summed E-state index contributed by atoms with van der Waals surface area (Å²) in [7, 11) is 0. The fraction of sp³-hybridized carbons (Fsp3) is 1.00. The highest BCUT2D eigenvalue weighted by molar-refractivity contribution is 4.88. The maximum Gasteiger partial charge on any atom is 0.401 e. The Morgan fingerprint density at radius 2 is 1.94 bits per heavy atom. The Morgan fingerprint density at radius 1 is 1.28 bits per heavy atom. The van der Waals surface area contributed by atoms with Crippen molar-refractivity contribution in [1.29, 1.82) is 0 Å². The zero-order valence-corrected chi connectivity index (χ0v) is 11.6. The lowest BCUT2D eigenvalue weighted by molar-refractivity contribution is -0.155. The van der Waals surface area contributed by atoms with Crippen molar-refractivity contribution < 1.29 is 13.2 Å². The third kappa shape index (κ3) is 5.14. The summed E-state index contributed by atoms with van der Waals surface area (Å²) in [6.45, 7) is 5.97. The molecule has 1 saturated carbocycles. The predicted octanol–water partition coefficient (Wildman–Crippen LogP) is 3.18. The van der Waals surface area contributed by atoms with Gasteiger partial charge in [0.2, 0.25) is 0 Å². The number of hydrogen-bond donors (Lipinski definition) is 1. The monoisotopic (exact) mass is 266 g/mol. The van der Waals surface area contributed by atoms with Crippen LogP contribution >= 0.6 is 0 Å². The second-order valence-electron chi connectivity index (χ2n) is 5.50. The molecule has 0 saturated heterocycles. The molecule has 0 amide bonds. The molecule has 1 N–H and O–H groups in total. The molecule has 0 aromatic carbocycles. The molecule has 1 aliphatic rings. The number of halogens is 3. The maximum atomic E-state index is 12.6. The molecule has 1 rings (SSSR count). The Bertz CT molecular complexity index is 241. The summed E-state index contributed by atoms with van der Waals surface area (Å²) < 4.78 is 37.7. The quantitative estimate of drug-likeness (QED) is 0.794. The van der Waals surface area contributed by atoms with Crippen LogP contribution in [0.1, 0.15) is 46.5 Å². The van der Waals surface area contributed by atoms with Gasteiger partial charge in [-0.25, -0.2) is 0 Å². The summed E-state index contributed by atoms with van der Waals surface area (Å²) >= 11 is 0. The van der Waals surface area contributed by atoms with Crippen molar-refractivity contribution in [3.8, 4) is 0 Å². The second kappa shape index (κ2) is 6.75. The van der Waals surface area contributed by atoms with E-state index in [9.17, 15) is 13.2 Å². The standard InChI is InChI=1S/C13H25F3N2/c1-4-7-17-11-5-6-12(8-11)18(10(2)3)9-13(14,15)16/h10-12,17H,4-9H2,1-3H3. The highest BCUT2D eigenvalue weighted by Gasteiger charge is 2.37. The van der Waals surface area contributed by atoms with Gasteiger partial charge in [0.15, 0.2) is 0 Å². The number of rotatable bonds is 6. The van der Waals surface area contributed by atoms with Gasteiger partial charge in [-0.1, -0.05) is 6.92 Å². The smallest absolute Gasteiger partial charge is 0.314 e. The first-order chi connectivity index (χ1) is 8.33. The van der Waals surface area contributed by atoms with E-state index in [4.69, 9.17) is 0 Å². The molecule has 1 fully saturated rings. The van der Waals surface area contributed by atoms with Crippen LogP contribution in [0.15, 0.2) is 0 Å². The van der Waals surface area contributed by atoms with Crippen LogP contribution in [0.5, 0.6) is 0 Å². The second-order valence-corrected chi connectivity index (χ2v) is 5.50. The van der Waals surface area contributed by atoms with Crippen molar-refractivity contribution in [2.45, 2.75) is 70.8 Å². The Balaban J connectivity index is 2.50. The van der Waals surface area contributed by atoms with E-state index in [0.29, 0.717) is 6.04 Å². The number of hydrogen-bond acceptors (Lipinski definition) is 2. The third-order valence-corrected chi connectivity index (χ3v) is 3.58. The molecule has 108 valence electrons. The van der Waals surface area contributed by atoms with E-state index in [1.165, 1.54) is 0 Å². The lowest BCUT2D eigenvalue weighted by Gasteiger charge is -2.33. The average molecular weight is 266 g/mol. The van der Waals surface area contributed by atoms with E-state index < -0.39 is 12.7 Å². The van der Waals surface area contributed by atoms with E-state index in [1.54, 1.807) is 4.90 Å². The summed E-state index contributed by atoms with van der Waals surface area (Å²) in [6.07, 6.45) is -0.327. The van der Waals surface area contributed by atoms with Crippen LogP contribution < -0.4 is 5.32 Å². The van der Waals surface area contributed by atoms with Gasteiger partial charge in [0.05, 0.1) is 6.54 Å². The van der Waals surface area contributed by atoms with Crippen molar-refractivity contribution in [3.63, 3.8) is 0 Å². The molecule has 0 aromatic heterocycles. The fourth-order valence-electron chi connectivity index (χ4n) is 2.73. The van der Waals surface area contributed by atoms with Crippen molar-refractivity contribution in [2.75, 3.05) is 13.1 Å². The predicted molar refractivity (Wildman–Crippen MR) is 67.6 cm³/mol. The minimum atomic E-state index is -4.10. The lowest BCUT2D eigenvalue weighted by atomic mass is 10.1. The first-order valence-electron chi connectivity index (χ1n) is 6.89. The van der Waals surface area contributed by atoms with E-state index in [2.05, 4.69) is 12.2 Å². The molecule has 0 bridgehead atoms. The van der Waals surface area contributed by atoms with Crippen LogP contribution in [0.3, 0.4) is 0 Å². The maximum absolute atomic E-state index is 12.6. The van der Waals surface area contributed by atoms with Crippen LogP contribution in [-0.2, 0) is 0 Å². The van der Waals surface area contributed by atoms with Gasteiger partial charge in [0.1, 0.15) is 0 Å². The van der Waals surface area contributed by atoms with Gasteiger partial charge < -0.3 is 5.32 Å². The van der Waals surface area contributed by atoms with Gasteiger partial charge in [-0.2, -0.15) is 13.2 Å². The number of nitrogens with one attached hydrogen (secondary N) is 1. The Kier molecular flexibility index (Phi) is 5.92. The Morgan fingerprint density at radius 3 is 2.44 bits per heavy atom. The van der Waals surface area contributed by atoms with Crippen LogP contribution in [0.4, 0.5) is 13.2 Å². The van der Waals surface area contributed by atoms with Gasteiger partial charge in [-0.15, -0.1) is 0 Å². The molecular weight excluding hydrogens is 241 g/mol. The normalized spacial score (nSPS) is 25.3. The lowest BCUT2D eigenvalue weighted by Crippen LogP contribution is -2.45. The molecule has 5 heteroatoms. The van der Waals surface area contributed by atoms with Crippen LogP contribution in [0, 0.1) is 0 Å². The summed E-state index contributed by atoms with van der Waals surface area (Å²) in [4.78, 5) is 1.60. The van der Waals surface area contributed by atoms with Crippen molar-refractivity contribution in [2.24, 2.45) is 0 Å². The molecule has 0 aliphatic heterocycles. The third-order valence-electron chi connectivity index (χ3n) is 3.58. The van der Waals surface area contributed by atoms with E-state index >= 15 is 0 Å².